The molecular formula is C20H18N2O2. The maximum Gasteiger partial charge on any atom is 0.224 e. The van der Waals surface area contributed by atoms with Gasteiger partial charge in [-0.3, -0.25) is 9.78 Å². The van der Waals surface area contributed by atoms with E-state index in [1.54, 1.807) is 18.0 Å². The van der Waals surface area contributed by atoms with Crippen molar-refractivity contribution in [2.75, 3.05) is 4.90 Å². The fourth-order valence-electron chi connectivity index (χ4n) is 2.36. The lowest BCUT2D eigenvalue weighted by Crippen LogP contribution is -2.28. The summed E-state index contributed by atoms with van der Waals surface area (Å²) in [5, 5.41) is 0. The average molecular weight is 318 g/mol. The fourth-order valence-corrected chi connectivity index (χ4v) is 2.36. The highest BCUT2D eigenvalue weighted by atomic mass is 16.5. The minimum absolute atomic E-state index is 0.0302. The van der Waals surface area contributed by atoms with E-state index in [1.807, 2.05) is 72.8 Å². The summed E-state index contributed by atoms with van der Waals surface area (Å²) < 4.78 is 5.78. The first kappa shape index (κ1) is 15.7. The normalized spacial score (nSPS) is 10.2. The Morgan fingerprint density at radius 2 is 1.58 bits per heavy atom. The largest absolute Gasteiger partial charge is 0.457 e. The van der Waals surface area contributed by atoms with Crippen LogP contribution in [-0.2, 0) is 11.3 Å². The molecule has 0 saturated heterocycles. The predicted molar refractivity (Wildman–Crippen MR) is 94.1 cm³/mol. The summed E-state index contributed by atoms with van der Waals surface area (Å²) >= 11 is 0. The zero-order valence-electron chi connectivity index (χ0n) is 13.4. The summed E-state index contributed by atoms with van der Waals surface area (Å²) in [6.07, 6.45) is 1.73. The number of anilines is 1. The first-order valence-electron chi connectivity index (χ1n) is 7.73. The predicted octanol–water partition coefficient (Wildman–Crippen LogP) is 4.43. The van der Waals surface area contributed by atoms with E-state index >= 15 is 0 Å². The fraction of sp³-hybridized carbons (Fsp3) is 0.100. The van der Waals surface area contributed by atoms with Gasteiger partial charge in [0.15, 0.2) is 0 Å². The molecular weight excluding hydrogens is 300 g/mol. The molecule has 4 nitrogen and oxygen atoms in total. The van der Waals surface area contributed by atoms with Crippen LogP contribution in [0.15, 0.2) is 79.0 Å². The molecule has 0 spiro atoms. The highest BCUT2D eigenvalue weighted by molar-refractivity contribution is 5.91. The van der Waals surface area contributed by atoms with Gasteiger partial charge in [0, 0.05) is 18.8 Å². The smallest absolute Gasteiger partial charge is 0.224 e. The molecule has 1 heterocycles. The van der Waals surface area contributed by atoms with Gasteiger partial charge in [-0.05, 0) is 48.5 Å². The molecule has 1 aromatic heterocycles. The average Bonchev–Trinajstić information content (AvgIpc) is 2.62. The van der Waals surface area contributed by atoms with Crippen LogP contribution in [0.2, 0.25) is 0 Å². The first-order chi connectivity index (χ1) is 11.7. The number of amides is 1. The van der Waals surface area contributed by atoms with Crippen LogP contribution in [0.3, 0.4) is 0 Å². The SMILES string of the molecule is CC(=O)N(Cc1ccccn1)c1ccc(Oc2ccccc2)cc1. The van der Waals surface area contributed by atoms with Crippen molar-refractivity contribution in [1.82, 2.24) is 4.98 Å². The van der Waals surface area contributed by atoms with Crippen molar-refractivity contribution >= 4 is 11.6 Å². The highest BCUT2D eigenvalue weighted by Crippen LogP contribution is 2.25. The van der Waals surface area contributed by atoms with E-state index in [-0.39, 0.29) is 5.91 Å². The van der Waals surface area contributed by atoms with E-state index < -0.39 is 0 Å². The molecule has 1 amide bonds. The molecule has 0 saturated carbocycles. The van der Waals surface area contributed by atoms with Crippen molar-refractivity contribution in [2.45, 2.75) is 13.5 Å². The van der Waals surface area contributed by atoms with E-state index in [1.165, 1.54) is 0 Å². The summed E-state index contributed by atoms with van der Waals surface area (Å²) in [6.45, 7) is 1.99. The quantitative estimate of drug-likeness (QED) is 0.699. The number of para-hydroxylation sites is 1. The molecule has 2 aromatic carbocycles. The van der Waals surface area contributed by atoms with Gasteiger partial charge < -0.3 is 9.64 Å². The summed E-state index contributed by atoms with van der Waals surface area (Å²) in [5.74, 6) is 1.48. The van der Waals surface area contributed by atoms with Gasteiger partial charge in [0.1, 0.15) is 11.5 Å². The summed E-state index contributed by atoms with van der Waals surface area (Å²) in [6, 6.07) is 22.7. The number of nitrogens with zero attached hydrogens (tertiary/aromatic N) is 2. The third kappa shape index (κ3) is 3.98. The number of carbonyl (C=O) groups is 1. The second kappa shape index (κ2) is 7.42. The van der Waals surface area contributed by atoms with E-state index in [9.17, 15) is 4.79 Å². The molecule has 3 aromatic rings. The third-order valence-electron chi connectivity index (χ3n) is 3.55. The molecule has 0 aliphatic heterocycles. The lowest BCUT2D eigenvalue weighted by atomic mass is 10.2. The van der Waals surface area contributed by atoms with Crippen LogP contribution < -0.4 is 9.64 Å². The molecule has 120 valence electrons. The molecule has 0 radical (unpaired) electrons. The second-order valence-corrected chi connectivity index (χ2v) is 5.34. The van der Waals surface area contributed by atoms with E-state index in [2.05, 4.69) is 4.98 Å². The minimum atomic E-state index is -0.0302. The maximum atomic E-state index is 12.0. The summed E-state index contributed by atoms with van der Waals surface area (Å²) in [4.78, 5) is 18.0. The Bertz CT molecular complexity index is 787. The van der Waals surface area contributed by atoms with Crippen molar-refractivity contribution < 1.29 is 9.53 Å². The van der Waals surface area contributed by atoms with Gasteiger partial charge in [-0.15, -0.1) is 0 Å². The van der Waals surface area contributed by atoms with Crippen molar-refractivity contribution in [1.29, 1.82) is 0 Å². The number of pyridine rings is 1. The van der Waals surface area contributed by atoms with E-state index in [0.717, 1.165) is 22.9 Å². The van der Waals surface area contributed by atoms with Crippen LogP contribution in [0.25, 0.3) is 0 Å². The molecule has 0 atom stereocenters. The minimum Gasteiger partial charge on any atom is -0.457 e. The number of ether oxygens (including phenoxy) is 1. The van der Waals surface area contributed by atoms with Crippen LogP contribution in [-0.4, -0.2) is 10.9 Å². The lowest BCUT2D eigenvalue weighted by Gasteiger charge is -2.21. The topological polar surface area (TPSA) is 42.4 Å². The Kier molecular flexibility index (Phi) is 4.87. The van der Waals surface area contributed by atoms with Crippen molar-refractivity contribution in [2.24, 2.45) is 0 Å². The van der Waals surface area contributed by atoms with Gasteiger partial charge in [-0.1, -0.05) is 24.3 Å². The van der Waals surface area contributed by atoms with E-state index in [4.69, 9.17) is 4.74 Å². The molecule has 0 fully saturated rings. The third-order valence-corrected chi connectivity index (χ3v) is 3.55. The zero-order valence-corrected chi connectivity index (χ0v) is 13.4. The Hall–Kier alpha value is -3.14. The molecule has 0 N–H and O–H groups in total. The van der Waals surface area contributed by atoms with Crippen molar-refractivity contribution in [3.05, 3.63) is 84.7 Å². The summed E-state index contributed by atoms with van der Waals surface area (Å²) in [5.41, 5.74) is 1.66. The van der Waals surface area contributed by atoms with Crippen LogP contribution in [0, 0.1) is 0 Å². The Balaban J connectivity index is 1.75. The maximum absolute atomic E-state index is 12.0. The number of hydrogen-bond donors (Lipinski definition) is 0. The van der Waals surface area contributed by atoms with Crippen LogP contribution in [0.4, 0.5) is 5.69 Å². The molecule has 3 rings (SSSR count). The first-order valence-corrected chi connectivity index (χ1v) is 7.73. The summed E-state index contributed by atoms with van der Waals surface area (Å²) in [7, 11) is 0. The molecule has 0 bridgehead atoms. The number of aromatic nitrogens is 1. The Labute approximate surface area is 141 Å². The van der Waals surface area contributed by atoms with Crippen molar-refractivity contribution in [3.8, 4) is 11.5 Å². The highest BCUT2D eigenvalue weighted by Gasteiger charge is 2.13. The van der Waals surface area contributed by atoms with E-state index in [0.29, 0.717) is 6.54 Å². The van der Waals surface area contributed by atoms with Crippen molar-refractivity contribution in [3.63, 3.8) is 0 Å². The van der Waals surface area contributed by atoms with Crippen LogP contribution >= 0.6 is 0 Å². The Morgan fingerprint density at radius 3 is 2.21 bits per heavy atom. The van der Waals surface area contributed by atoms with Gasteiger partial charge in [0.2, 0.25) is 5.91 Å². The molecule has 0 aliphatic rings. The molecule has 0 unspecified atom stereocenters. The van der Waals surface area contributed by atoms with Gasteiger partial charge in [-0.25, -0.2) is 0 Å². The standard InChI is InChI=1S/C20H18N2O2/c1-16(23)22(15-17-7-5-6-14-21-17)18-10-12-20(13-11-18)24-19-8-3-2-4-9-19/h2-14H,15H2,1H3. The molecule has 4 heteroatoms. The van der Waals surface area contributed by atoms with Crippen LogP contribution in [0.5, 0.6) is 11.5 Å². The van der Waals surface area contributed by atoms with Gasteiger partial charge in [-0.2, -0.15) is 0 Å². The lowest BCUT2D eigenvalue weighted by molar-refractivity contribution is -0.116. The van der Waals surface area contributed by atoms with Gasteiger partial charge >= 0.3 is 0 Å². The zero-order chi connectivity index (χ0) is 16.8. The van der Waals surface area contributed by atoms with Gasteiger partial charge in [0.05, 0.1) is 12.2 Å². The Morgan fingerprint density at radius 1 is 0.917 bits per heavy atom. The number of rotatable bonds is 5. The number of carbonyl (C=O) groups excluding carboxylic acids is 1. The van der Waals surface area contributed by atoms with Crippen LogP contribution in [0.1, 0.15) is 12.6 Å². The monoisotopic (exact) mass is 318 g/mol. The van der Waals surface area contributed by atoms with Gasteiger partial charge in [0.25, 0.3) is 0 Å². The number of benzene rings is 2. The molecule has 24 heavy (non-hydrogen) atoms. The second-order valence-electron chi connectivity index (χ2n) is 5.34. The molecule has 0 aliphatic carbocycles. The number of hydrogen-bond acceptors (Lipinski definition) is 3.